The second kappa shape index (κ2) is 6.07. The molecule has 1 unspecified atom stereocenters. The molecule has 1 aliphatic heterocycles. The minimum atomic E-state index is -4.45. The Hall–Kier alpha value is -1.53. The maximum absolute atomic E-state index is 12.6. The van der Waals surface area contributed by atoms with Crippen LogP contribution in [0.1, 0.15) is 17.5 Å². The highest BCUT2D eigenvalue weighted by molar-refractivity contribution is 6.32. The molecule has 2 N–H and O–H groups in total. The van der Waals surface area contributed by atoms with Crippen molar-refractivity contribution in [3.63, 3.8) is 0 Å². The molecule has 1 amide bonds. The first-order valence-corrected chi connectivity index (χ1v) is 6.74. The quantitative estimate of drug-likeness (QED) is 0.852. The molecule has 1 fully saturated rings. The van der Waals surface area contributed by atoms with Gasteiger partial charge in [0.05, 0.1) is 5.56 Å². The molecule has 7 heteroatoms. The van der Waals surface area contributed by atoms with Crippen LogP contribution in [0.15, 0.2) is 24.3 Å². The molecule has 0 aromatic heterocycles. The average molecular weight is 319 g/mol. The van der Waals surface area contributed by atoms with E-state index in [0.29, 0.717) is 13.1 Å². The first-order chi connectivity index (χ1) is 9.77. The summed E-state index contributed by atoms with van der Waals surface area (Å²) in [5.74, 6) is -0.281. The van der Waals surface area contributed by atoms with Crippen LogP contribution in [0, 0.1) is 0 Å². The first kappa shape index (κ1) is 15.9. The number of hydrogen-bond acceptors (Lipinski definition) is 2. The molecular formula is C14H14ClF3N2O. The molecule has 3 nitrogen and oxygen atoms in total. The molecule has 1 aliphatic rings. The van der Waals surface area contributed by atoms with Crippen molar-refractivity contribution in [1.29, 1.82) is 0 Å². The normalized spacial score (nSPS) is 19.5. The van der Waals surface area contributed by atoms with E-state index in [9.17, 15) is 18.0 Å². The summed E-state index contributed by atoms with van der Waals surface area (Å²) in [7, 11) is 0. The number of amides is 1. The fourth-order valence-corrected chi connectivity index (χ4v) is 2.28. The van der Waals surface area contributed by atoms with E-state index < -0.39 is 11.7 Å². The Morgan fingerprint density at radius 1 is 1.43 bits per heavy atom. The smallest absolute Gasteiger partial charge is 0.338 e. The molecule has 21 heavy (non-hydrogen) atoms. The largest absolute Gasteiger partial charge is 0.416 e. The zero-order valence-corrected chi connectivity index (χ0v) is 11.8. The Morgan fingerprint density at radius 3 is 2.71 bits per heavy atom. The van der Waals surface area contributed by atoms with E-state index in [-0.39, 0.29) is 22.5 Å². The van der Waals surface area contributed by atoms with Gasteiger partial charge < -0.3 is 10.6 Å². The van der Waals surface area contributed by atoms with Gasteiger partial charge >= 0.3 is 6.18 Å². The van der Waals surface area contributed by atoms with Crippen LogP contribution in [-0.2, 0) is 11.0 Å². The molecular weight excluding hydrogens is 305 g/mol. The van der Waals surface area contributed by atoms with Gasteiger partial charge in [-0.15, -0.1) is 0 Å². The van der Waals surface area contributed by atoms with E-state index in [1.807, 2.05) is 0 Å². The second-order valence-electron chi connectivity index (χ2n) is 4.90. The molecule has 1 atom stereocenters. The highest BCUT2D eigenvalue weighted by Crippen LogP contribution is 2.32. The molecule has 1 saturated heterocycles. The lowest BCUT2D eigenvalue weighted by molar-refractivity contribution is -0.137. The van der Waals surface area contributed by atoms with E-state index in [0.717, 1.165) is 18.6 Å². The zero-order chi connectivity index (χ0) is 15.6. The molecule has 114 valence electrons. The lowest BCUT2D eigenvalue weighted by Gasteiger charge is -2.13. The standard InChI is InChI=1S/C14H14ClF3N2O/c15-12-3-2-10(14(16,17)18)7-9(12)1-4-13(21)20-6-5-11(19)8-20/h1-4,7,11H,5-6,8,19H2. The third kappa shape index (κ3) is 3.98. The number of likely N-dealkylation sites (tertiary alicyclic amines) is 1. The van der Waals surface area contributed by atoms with Crippen molar-refractivity contribution >= 4 is 23.6 Å². The first-order valence-electron chi connectivity index (χ1n) is 6.36. The van der Waals surface area contributed by atoms with Crippen molar-refractivity contribution in [3.8, 4) is 0 Å². The molecule has 0 spiro atoms. The molecule has 0 aliphatic carbocycles. The third-order valence-corrected chi connectivity index (χ3v) is 3.61. The number of hydrogen-bond donors (Lipinski definition) is 1. The van der Waals surface area contributed by atoms with Crippen molar-refractivity contribution in [2.75, 3.05) is 13.1 Å². The van der Waals surface area contributed by atoms with E-state index in [1.165, 1.54) is 18.2 Å². The minimum absolute atomic E-state index is 0.0421. The number of carbonyl (C=O) groups excluding carboxylic acids is 1. The Kier molecular flexibility index (Phi) is 4.58. The second-order valence-corrected chi connectivity index (χ2v) is 5.31. The Labute approximate surface area is 125 Å². The number of rotatable bonds is 2. The molecule has 2 rings (SSSR count). The van der Waals surface area contributed by atoms with Gasteiger partial charge in [-0.1, -0.05) is 11.6 Å². The Bertz CT molecular complexity index is 572. The topological polar surface area (TPSA) is 46.3 Å². The highest BCUT2D eigenvalue weighted by atomic mass is 35.5. The van der Waals surface area contributed by atoms with E-state index in [4.69, 9.17) is 17.3 Å². The Morgan fingerprint density at radius 2 is 2.14 bits per heavy atom. The van der Waals surface area contributed by atoms with Crippen molar-refractivity contribution in [2.24, 2.45) is 5.73 Å². The van der Waals surface area contributed by atoms with E-state index in [2.05, 4.69) is 0 Å². The van der Waals surface area contributed by atoms with Gasteiger partial charge in [-0.05, 0) is 36.3 Å². The maximum atomic E-state index is 12.6. The molecule has 1 heterocycles. The minimum Gasteiger partial charge on any atom is -0.338 e. The van der Waals surface area contributed by atoms with Crippen LogP contribution in [0.5, 0.6) is 0 Å². The van der Waals surface area contributed by atoms with Gasteiger partial charge in [0.25, 0.3) is 0 Å². The molecule has 1 aromatic rings. The van der Waals surface area contributed by atoms with Gasteiger partial charge in [0.2, 0.25) is 5.91 Å². The fourth-order valence-electron chi connectivity index (χ4n) is 2.10. The number of nitrogens with two attached hydrogens (primary N) is 1. The van der Waals surface area contributed by atoms with Gasteiger partial charge in [0.15, 0.2) is 0 Å². The van der Waals surface area contributed by atoms with Crippen molar-refractivity contribution < 1.29 is 18.0 Å². The summed E-state index contributed by atoms with van der Waals surface area (Å²) in [6, 6.07) is 2.95. The summed E-state index contributed by atoms with van der Waals surface area (Å²) in [5.41, 5.74) is 5.05. The van der Waals surface area contributed by atoms with Crippen LogP contribution in [0.3, 0.4) is 0 Å². The van der Waals surface area contributed by atoms with Gasteiger partial charge in [0, 0.05) is 30.2 Å². The van der Waals surface area contributed by atoms with Crippen LogP contribution in [0.25, 0.3) is 6.08 Å². The van der Waals surface area contributed by atoms with Crippen LogP contribution in [0.2, 0.25) is 5.02 Å². The van der Waals surface area contributed by atoms with Gasteiger partial charge in [0.1, 0.15) is 0 Å². The van der Waals surface area contributed by atoms with Crippen molar-refractivity contribution in [3.05, 3.63) is 40.4 Å². The van der Waals surface area contributed by atoms with Crippen LogP contribution < -0.4 is 5.73 Å². The number of halogens is 4. The summed E-state index contributed by atoms with van der Waals surface area (Å²) in [4.78, 5) is 13.4. The van der Waals surface area contributed by atoms with Gasteiger partial charge in [-0.25, -0.2) is 0 Å². The summed E-state index contributed by atoms with van der Waals surface area (Å²) in [6.07, 6.45) is -1.20. The molecule has 0 radical (unpaired) electrons. The van der Waals surface area contributed by atoms with Crippen molar-refractivity contribution in [1.82, 2.24) is 4.90 Å². The monoisotopic (exact) mass is 318 g/mol. The van der Waals surface area contributed by atoms with Gasteiger partial charge in [-0.2, -0.15) is 13.2 Å². The summed E-state index contributed by atoms with van der Waals surface area (Å²) in [5, 5.41) is 0.158. The number of benzene rings is 1. The van der Waals surface area contributed by atoms with E-state index in [1.54, 1.807) is 4.90 Å². The molecule has 1 aromatic carbocycles. The SMILES string of the molecule is NC1CCN(C(=O)C=Cc2cc(C(F)(F)F)ccc2Cl)C1. The lowest BCUT2D eigenvalue weighted by Crippen LogP contribution is -2.30. The van der Waals surface area contributed by atoms with Gasteiger partial charge in [-0.3, -0.25) is 4.79 Å². The highest BCUT2D eigenvalue weighted by Gasteiger charge is 2.30. The predicted octanol–water partition coefficient (Wildman–Crippen LogP) is 2.93. The Balaban J connectivity index is 2.15. The number of alkyl halides is 3. The average Bonchev–Trinajstić information content (AvgIpc) is 2.83. The summed E-state index contributed by atoms with van der Waals surface area (Å²) < 4.78 is 37.9. The third-order valence-electron chi connectivity index (χ3n) is 3.27. The van der Waals surface area contributed by atoms with E-state index >= 15 is 0 Å². The summed E-state index contributed by atoms with van der Waals surface area (Å²) >= 11 is 5.85. The summed E-state index contributed by atoms with van der Waals surface area (Å²) in [6.45, 7) is 1.01. The molecule has 0 bridgehead atoms. The van der Waals surface area contributed by atoms with Crippen LogP contribution in [-0.4, -0.2) is 29.9 Å². The number of nitrogens with zero attached hydrogens (tertiary/aromatic N) is 1. The lowest BCUT2D eigenvalue weighted by atomic mass is 10.1. The zero-order valence-electron chi connectivity index (χ0n) is 11.0. The van der Waals surface area contributed by atoms with Crippen LogP contribution in [0.4, 0.5) is 13.2 Å². The fraction of sp³-hybridized carbons (Fsp3) is 0.357. The molecule has 0 saturated carbocycles. The maximum Gasteiger partial charge on any atom is 0.416 e. The van der Waals surface area contributed by atoms with Crippen LogP contribution >= 0.6 is 11.6 Å². The number of carbonyl (C=O) groups is 1. The predicted molar refractivity (Wildman–Crippen MR) is 74.7 cm³/mol. The van der Waals surface area contributed by atoms with Crippen molar-refractivity contribution in [2.45, 2.75) is 18.6 Å².